The summed E-state index contributed by atoms with van der Waals surface area (Å²) in [6.45, 7) is 8.89. The highest BCUT2D eigenvalue weighted by molar-refractivity contribution is 7.86. The van der Waals surface area contributed by atoms with E-state index >= 15 is 0 Å². The number of nitrogens with zero attached hydrogens (tertiary/aromatic N) is 1. The van der Waals surface area contributed by atoms with Crippen LogP contribution in [0.3, 0.4) is 0 Å². The number of aliphatic hydroxyl groups is 1. The summed E-state index contributed by atoms with van der Waals surface area (Å²) in [7, 11) is -0.720. The van der Waals surface area contributed by atoms with Gasteiger partial charge in [-0.2, -0.15) is 0 Å². The molecule has 1 N–H and O–H groups in total. The van der Waals surface area contributed by atoms with E-state index in [0.717, 1.165) is 57.0 Å². The van der Waals surface area contributed by atoms with Crippen molar-refractivity contribution in [3.63, 3.8) is 0 Å². The van der Waals surface area contributed by atoms with Crippen LogP contribution in [0.4, 0.5) is 0 Å². The lowest BCUT2D eigenvalue weighted by atomic mass is 9.79. The van der Waals surface area contributed by atoms with Crippen molar-refractivity contribution in [2.75, 3.05) is 25.4 Å². The molecule has 0 bridgehead atoms. The highest BCUT2D eigenvalue weighted by Gasteiger charge is 2.38. The molecule has 1 atom stereocenters. The van der Waals surface area contributed by atoms with Crippen LogP contribution in [0.25, 0.3) is 0 Å². The topological polar surface area (TPSA) is 40.5 Å². The van der Waals surface area contributed by atoms with Crippen molar-refractivity contribution in [3.05, 3.63) is 0 Å². The lowest BCUT2D eigenvalue weighted by Gasteiger charge is -2.43. The molecule has 1 aliphatic heterocycles. The van der Waals surface area contributed by atoms with Crippen molar-refractivity contribution in [2.24, 2.45) is 5.92 Å². The Balaban J connectivity index is 1.92. The molecule has 1 aliphatic carbocycles. The van der Waals surface area contributed by atoms with Crippen LogP contribution in [0.2, 0.25) is 0 Å². The Kier molecular flexibility index (Phi) is 4.20. The van der Waals surface area contributed by atoms with E-state index in [4.69, 9.17) is 0 Å². The number of rotatable bonds is 2. The zero-order chi connectivity index (χ0) is 13.4. The number of hydrogen-bond acceptors (Lipinski definition) is 3. The zero-order valence-corrected chi connectivity index (χ0v) is 12.8. The molecule has 1 saturated carbocycles. The molecule has 0 amide bonds. The molecule has 0 spiro atoms. The Bertz CT molecular complexity index is 322. The second-order valence-corrected chi connectivity index (χ2v) is 9.13. The Morgan fingerprint density at radius 3 is 2.50 bits per heavy atom. The van der Waals surface area contributed by atoms with Gasteiger partial charge in [-0.3, -0.25) is 9.11 Å². The highest BCUT2D eigenvalue weighted by atomic mass is 32.2. The van der Waals surface area contributed by atoms with Gasteiger partial charge in [0.2, 0.25) is 0 Å². The van der Waals surface area contributed by atoms with Gasteiger partial charge in [-0.15, -0.1) is 0 Å². The van der Waals surface area contributed by atoms with Gasteiger partial charge in [0, 0.05) is 36.2 Å². The third-order valence-corrected chi connectivity index (χ3v) is 6.45. The zero-order valence-electron chi connectivity index (χ0n) is 11.9. The lowest BCUT2D eigenvalue weighted by molar-refractivity contribution is -0.0359. The standard InChI is InChI=1S/C14H27NO2S/c1-12-4-6-14(16,7-5-12)11-15-8-9-18(17)13(2,3)10-15/h12,16H,4-11H2,1-3H3. The molecule has 2 fully saturated rings. The molecule has 1 heterocycles. The predicted molar refractivity (Wildman–Crippen MR) is 76.1 cm³/mol. The summed E-state index contributed by atoms with van der Waals surface area (Å²) in [4.78, 5) is 2.32. The summed E-state index contributed by atoms with van der Waals surface area (Å²) in [5, 5.41) is 10.7. The first-order valence-electron chi connectivity index (χ1n) is 7.14. The molecular weight excluding hydrogens is 246 g/mol. The number of hydrogen-bond donors (Lipinski definition) is 1. The van der Waals surface area contributed by atoms with E-state index in [1.54, 1.807) is 0 Å². The third kappa shape index (κ3) is 3.34. The van der Waals surface area contributed by atoms with Crippen LogP contribution in [0.1, 0.15) is 46.5 Å². The molecule has 4 heteroatoms. The Morgan fingerprint density at radius 2 is 1.94 bits per heavy atom. The van der Waals surface area contributed by atoms with Gasteiger partial charge in [-0.25, -0.2) is 0 Å². The largest absolute Gasteiger partial charge is 0.389 e. The van der Waals surface area contributed by atoms with Crippen LogP contribution < -0.4 is 0 Å². The van der Waals surface area contributed by atoms with E-state index in [-0.39, 0.29) is 4.75 Å². The fourth-order valence-electron chi connectivity index (χ4n) is 3.19. The van der Waals surface area contributed by atoms with Gasteiger partial charge in [-0.1, -0.05) is 6.92 Å². The van der Waals surface area contributed by atoms with Crippen molar-refractivity contribution < 1.29 is 9.32 Å². The lowest BCUT2D eigenvalue weighted by Crippen LogP contribution is -2.55. The van der Waals surface area contributed by atoms with Crippen LogP contribution in [0.15, 0.2) is 0 Å². The molecule has 2 rings (SSSR count). The van der Waals surface area contributed by atoms with Gasteiger partial charge in [0.1, 0.15) is 0 Å². The monoisotopic (exact) mass is 273 g/mol. The van der Waals surface area contributed by atoms with E-state index in [1.165, 1.54) is 0 Å². The first-order valence-corrected chi connectivity index (χ1v) is 8.46. The van der Waals surface area contributed by atoms with Crippen LogP contribution >= 0.6 is 0 Å². The van der Waals surface area contributed by atoms with E-state index in [0.29, 0.717) is 0 Å². The smallest absolute Gasteiger partial charge is 0.0774 e. The molecule has 3 nitrogen and oxygen atoms in total. The normalized spacial score (nSPS) is 41.8. The first-order chi connectivity index (χ1) is 8.31. The average Bonchev–Trinajstić information content (AvgIpc) is 2.28. The average molecular weight is 273 g/mol. The van der Waals surface area contributed by atoms with E-state index in [2.05, 4.69) is 25.7 Å². The minimum Gasteiger partial charge on any atom is -0.389 e. The van der Waals surface area contributed by atoms with Gasteiger partial charge >= 0.3 is 0 Å². The van der Waals surface area contributed by atoms with Crippen molar-refractivity contribution in [1.82, 2.24) is 4.90 Å². The van der Waals surface area contributed by atoms with Gasteiger partial charge in [0.25, 0.3) is 0 Å². The van der Waals surface area contributed by atoms with Crippen molar-refractivity contribution in [1.29, 1.82) is 0 Å². The maximum atomic E-state index is 11.9. The van der Waals surface area contributed by atoms with Crippen LogP contribution in [0.5, 0.6) is 0 Å². The SMILES string of the molecule is CC1CCC(O)(CN2CCS(=O)C(C)(C)C2)CC1. The fraction of sp³-hybridized carbons (Fsp3) is 1.00. The summed E-state index contributed by atoms with van der Waals surface area (Å²) < 4.78 is 11.8. The summed E-state index contributed by atoms with van der Waals surface area (Å²) in [6, 6.07) is 0. The van der Waals surface area contributed by atoms with Crippen LogP contribution in [-0.2, 0) is 10.8 Å². The molecule has 0 aromatic carbocycles. The van der Waals surface area contributed by atoms with Crippen LogP contribution in [0, 0.1) is 5.92 Å². The number of β-amino-alcohol motifs (C(OH)–C–C–N with tert-alkyl or cyclic N) is 1. The summed E-state index contributed by atoms with van der Waals surface area (Å²) in [5.41, 5.74) is -0.499. The van der Waals surface area contributed by atoms with Crippen molar-refractivity contribution >= 4 is 10.8 Å². The molecule has 0 aromatic rings. The van der Waals surface area contributed by atoms with Gasteiger partial charge < -0.3 is 5.11 Å². The Morgan fingerprint density at radius 1 is 1.33 bits per heavy atom. The summed E-state index contributed by atoms with van der Waals surface area (Å²) in [6.07, 6.45) is 4.13. The third-order valence-electron chi connectivity index (χ3n) is 4.54. The second kappa shape index (κ2) is 5.22. The van der Waals surface area contributed by atoms with E-state index in [9.17, 15) is 9.32 Å². The minimum absolute atomic E-state index is 0.128. The molecule has 1 saturated heterocycles. The minimum atomic E-state index is -0.720. The van der Waals surface area contributed by atoms with Gasteiger partial charge in [0.15, 0.2) is 0 Å². The molecule has 2 aliphatic rings. The summed E-state index contributed by atoms with van der Waals surface area (Å²) >= 11 is 0. The maximum absolute atomic E-state index is 11.9. The van der Waals surface area contributed by atoms with E-state index in [1.807, 2.05) is 0 Å². The molecule has 106 valence electrons. The Hall–Kier alpha value is 0.0700. The predicted octanol–water partition coefficient (Wildman–Crippen LogP) is 1.77. The van der Waals surface area contributed by atoms with Crippen molar-refractivity contribution in [2.45, 2.75) is 56.8 Å². The van der Waals surface area contributed by atoms with E-state index < -0.39 is 16.4 Å². The Labute approximate surface area is 113 Å². The molecular formula is C14H27NO2S. The molecule has 1 unspecified atom stereocenters. The van der Waals surface area contributed by atoms with Crippen molar-refractivity contribution in [3.8, 4) is 0 Å². The molecule has 18 heavy (non-hydrogen) atoms. The fourth-order valence-corrected chi connectivity index (χ4v) is 4.49. The van der Waals surface area contributed by atoms with Gasteiger partial charge in [0.05, 0.1) is 10.3 Å². The molecule has 0 aromatic heterocycles. The first kappa shape index (κ1) is 14.5. The highest BCUT2D eigenvalue weighted by Crippen LogP contribution is 2.33. The summed E-state index contributed by atoms with van der Waals surface area (Å²) in [5.74, 6) is 1.51. The second-order valence-electron chi connectivity index (χ2n) is 6.93. The van der Waals surface area contributed by atoms with Gasteiger partial charge in [-0.05, 0) is 45.4 Å². The quantitative estimate of drug-likeness (QED) is 0.833. The maximum Gasteiger partial charge on any atom is 0.0774 e. The molecule has 0 radical (unpaired) electrons. The van der Waals surface area contributed by atoms with Crippen LogP contribution in [-0.4, -0.2) is 50.0 Å².